The molecule has 0 bridgehead atoms. The lowest BCUT2D eigenvalue weighted by atomic mass is 10.0. The van der Waals surface area contributed by atoms with E-state index < -0.39 is 0 Å². The van der Waals surface area contributed by atoms with Crippen LogP contribution in [0.2, 0.25) is 0 Å². The summed E-state index contributed by atoms with van der Waals surface area (Å²) in [5.74, 6) is 0.514. The predicted octanol–water partition coefficient (Wildman–Crippen LogP) is 5.66. The molecule has 5 heteroatoms. The molecule has 0 amide bonds. The Morgan fingerprint density at radius 2 is 1.69 bits per heavy atom. The molecule has 0 spiro atoms. The first-order chi connectivity index (χ1) is 13.8. The van der Waals surface area contributed by atoms with Gasteiger partial charge < -0.3 is 10.1 Å². The molecule has 1 aromatic heterocycles. The SMILES string of the molecule is Cl.Fc1ccccc1COc1ccc2ccccc2c1CNCc1cccnc1. The van der Waals surface area contributed by atoms with E-state index in [0.29, 0.717) is 18.7 Å². The summed E-state index contributed by atoms with van der Waals surface area (Å²) in [6.07, 6.45) is 3.62. The Kier molecular flexibility index (Phi) is 7.17. The Morgan fingerprint density at radius 3 is 2.52 bits per heavy atom. The van der Waals surface area contributed by atoms with Gasteiger partial charge in [0.2, 0.25) is 0 Å². The third-order valence-electron chi connectivity index (χ3n) is 4.69. The average Bonchev–Trinajstić information content (AvgIpc) is 2.74. The molecule has 3 nitrogen and oxygen atoms in total. The van der Waals surface area contributed by atoms with Crippen molar-refractivity contribution in [3.63, 3.8) is 0 Å². The number of halogens is 2. The van der Waals surface area contributed by atoms with Gasteiger partial charge in [-0.2, -0.15) is 0 Å². The second-order valence-electron chi connectivity index (χ2n) is 6.61. The van der Waals surface area contributed by atoms with Gasteiger partial charge in [-0.1, -0.05) is 54.6 Å². The number of aromatic nitrogens is 1. The van der Waals surface area contributed by atoms with Crippen LogP contribution in [0.3, 0.4) is 0 Å². The molecule has 3 aromatic carbocycles. The summed E-state index contributed by atoms with van der Waals surface area (Å²) in [4.78, 5) is 4.15. The Balaban J connectivity index is 0.00000240. The number of benzene rings is 3. The predicted molar refractivity (Wildman–Crippen MR) is 117 cm³/mol. The van der Waals surface area contributed by atoms with E-state index in [9.17, 15) is 4.39 Å². The van der Waals surface area contributed by atoms with Crippen molar-refractivity contribution in [2.45, 2.75) is 19.7 Å². The maximum atomic E-state index is 13.9. The van der Waals surface area contributed by atoms with Crippen molar-refractivity contribution in [1.82, 2.24) is 10.3 Å². The molecule has 1 heterocycles. The smallest absolute Gasteiger partial charge is 0.129 e. The minimum absolute atomic E-state index is 0. The lowest BCUT2D eigenvalue weighted by Gasteiger charge is -2.15. The summed E-state index contributed by atoms with van der Waals surface area (Å²) in [6.45, 7) is 1.55. The highest BCUT2D eigenvalue weighted by Gasteiger charge is 2.10. The standard InChI is InChI=1S/C24H21FN2O.ClH/c25-23-10-4-2-8-20(23)17-28-24-12-11-19-7-1-3-9-21(19)22(24)16-27-15-18-6-5-13-26-14-18;/h1-14,27H,15-17H2;1H. The van der Waals surface area contributed by atoms with Crippen LogP contribution in [-0.4, -0.2) is 4.98 Å². The lowest BCUT2D eigenvalue weighted by molar-refractivity contribution is 0.296. The lowest BCUT2D eigenvalue weighted by Crippen LogP contribution is -2.14. The molecule has 29 heavy (non-hydrogen) atoms. The van der Waals surface area contributed by atoms with E-state index in [1.165, 1.54) is 6.07 Å². The van der Waals surface area contributed by atoms with Gasteiger partial charge in [0.15, 0.2) is 0 Å². The molecule has 4 aromatic rings. The van der Waals surface area contributed by atoms with Crippen LogP contribution in [0.1, 0.15) is 16.7 Å². The Bertz CT molecular complexity index is 1070. The summed E-state index contributed by atoms with van der Waals surface area (Å²) in [6, 6.07) is 22.9. The van der Waals surface area contributed by atoms with E-state index in [4.69, 9.17) is 4.74 Å². The molecular weight excluding hydrogens is 387 g/mol. The van der Waals surface area contributed by atoms with Crippen LogP contribution in [0, 0.1) is 5.82 Å². The van der Waals surface area contributed by atoms with Crippen LogP contribution in [0.25, 0.3) is 10.8 Å². The molecule has 0 aliphatic heterocycles. The molecule has 0 saturated heterocycles. The Hall–Kier alpha value is -2.95. The molecule has 0 radical (unpaired) electrons. The van der Waals surface area contributed by atoms with Crippen LogP contribution in [0.4, 0.5) is 4.39 Å². The molecule has 0 aliphatic rings. The number of ether oxygens (including phenoxy) is 1. The minimum Gasteiger partial charge on any atom is -0.488 e. The number of fused-ring (bicyclic) bond motifs is 1. The topological polar surface area (TPSA) is 34.1 Å². The van der Waals surface area contributed by atoms with Gasteiger partial charge in [-0.3, -0.25) is 4.98 Å². The zero-order valence-corrected chi connectivity index (χ0v) is 16.7. The first-order valence-electron chi connectivity index (χ1n) is 9.28. The molecule has 4 rings (SSSR count). The van der Waals surface area contributed by atoms with Gasteiger partial charge in [0.25, 0.3) is 0 Å². The van der Waals surface area contributed by atoms with Crippen molar-refractivity contribution in [1.29, 1.82) is 0 Å². The summed E-state index contributed by atoms with van der Waals surface area (Å²) < 4.78 is 20.0. The summed E-state index contributed by atoms with van der Waals surface area (Å²) in [7, 11) is 0. The first-order valence-corrected chi connectivity index (χ1v) is 9.28. The van der Waals surface area contributed by atoms with Crippen LogP contribution in [0.15, 0.2) is 85.2 Å². The number of nitrogens with one attached hydrogen (secondary N) is 1. The van der Waals surface area contributed by atoms with E-state index >= 15 is 0 Å². The fourth-order valence-electron chi connectivity index (χ4n) is 3.24. The molecular formula is C24H22ClFN2O. The summed E-state index contributed by atoms with van der Waals surface area (Å²) >= 11 is 0. The van der Waals surface area contributed by atoms with Gasteiger partial charge in [0, 0.05) is 36.6 Å². The van der Waals surface area contributed by atoms with Crippen LogP contribution < -0.4 is 10.1 Å². The van der Waals surface area contributed by atoms with Crippen LogP contribution in [-0.2, 0) is 19.7 Å². The van der Waals surface area contributed by atoms with Gasteiger partial charge in [0.05, 0.1) is 0 Å². The van der Waals surface area contributed by atoms with E-state index in [1.54, 1.807) is 18.3 Å². The highest BCUT2D eigenvalue weighted by Crippen LogP contribution is 2.29. The van der Waals surface area contributed by atoms with E-state index in [0.717, 1.165) is 27.6 Å². The number of hydrogen-bond donors (Lipinski definition) is 1. The molecule has 148 valence electrons. The van der Waals surface area contributed by atoms with E-state index in [2.05, 4.69) is 22.4 Å². The van der Waals surface area contributed by atoms with Crippen molar-refractivity contribution in [3.05, 3.63) is 108 Å². The number of pyridine rings is 1. The summed E-state index contributed by atoms with van der Waals surface area (Å²) in [5.41, 5.74) is 2.74. The largest absolute Gasteiger partial charge is 0.488 e. The Labute approximate surface area is 176 Å². The third-order valence-corrected chi connectivity index (χ3v) is 4.69. The maximum absolute atomic E-state index is 13.9. The Morgan fingerprint density at radius 1 is 0.862 bits per heavy atom. The van der Waals surface area contributed by atoms with E-state index in [1.807, 2.05) is 48.7 Å². The van der Waals surface area contributed by atoms with Crippen molar-refractivity contribution in [2.75, 3.05) is 0 Å². The second-order valence-corrected chi connectivity index (χ2v) is 6.61. The van der Waals surface area contributed by atoms with Gasteiger partial charge >= 0.3 is 0 Å². The third kappa shape index (κ3) is 5.11. The molecule has 0 unspecified atom stereocenters. The van der Waals surface area contributed by atoms with Gasteiger partial charge in [-0.05, 0) is 34.5 Å². The van der Waals surface area contributed by atoms with Crippen molar-refractivity contribution < 1.29 is 9.13 Å². The van der Waals surface area contributed by atoms with Crippen LogP contribution >= 0.6 is 12.4 Å². The molecule has 1 N–H and O–H groups in total. The fraction of sp³-hybridized carbons (Fsp3) is 0.125. The number of hydrogen-bond acceptors (Lipinski definition) is 3. The zero-order chi connectivity index (χ0) is 19.2. The fourth-order valence-corrected chi connectivity index (χ4v) is 3.24. The average molecular weight is 409 g/mol. The van der Waals surface area contributed by atoms with Crippen molar-refractivity contribution in [3.8, 4) is 5.75 Å². The first kappa shape index (κ1) is 20.8. The second kappa shape index (κ2) is 10.0. The molecule has 0 aliphatic carbocycles. The maximum Gasteiger partial charge on any atom is 0.129 e. The van der Waals surface area contributed by atoms with E-state index in [-0.39, 0.29) is 24.8 Å². The highest BCUT2D eigenvalue weighted by atomic mass is 35.5. The minimum atomic E-state index is -0.250. The summed E-state index contributed by atoms with van der Waals surface area (Å²) in [5, 5.41) is 5.75. The normalized spacial score (nSPS) is 10.5. The molecule has 0 atom stereocenters. The highest BCUT2D eigenvalue weighted by molar-refractivity contribution is 5.87. The monoisotopic (exact) mass is 408 g/mol. The quantitative estimate of drug-likeness (QED) is 0.428. The number of rotatable bonds is 7. The van der Waals surface area contributed by atoms with Gasteiger partial charge in [-0.15, -0.1) is 12.4 Å². The van der Waals surface area contributed by atoms with Gasteiger partial charge in [0.1, 0.15) is 18.2 Å². The molecule has 0 fully saturated rings. The van der Waals surface area contributed by atoms with Gasteiger partial charge in [-0.25, -0.2) is 4.39 Å². The van der Waals surface area contributed by atoms with Crippen molar-refractivity contribution in [2.24, 2.45) is 0 Å². The van der Waals surface area contributed by atoms with Crippen LogP contribution in [0.5, 0.6) is 5.75 Å². The van der Waals surface area contributed by atoms with Crippen molar-refractivity contribution >= 4 is 23.2 Å². The number of nitrogens with zero attached hydrogens (tertiary/aromatic N) is 1. The molecule has 0 saturated carbocycles. The zero-order valence-electron chi connectivity index (χ0n) is 15.8.